The Labute approximate surface area is 100 Å². The van der Waals surface area contributed by atoms with Gasteiger partial charge >= 0.3 is 5.97 Å². The van der Waals surface area contributed by atoms with Crippen molar-refractivity contribution in [3.8, 4) is 11.3 Å². The van der Waals surface area contributed by atoms with E-state index in [-0.39, 0.29) is 5.76 Å². The second-order valence-electron chi connectivity index (χ2n) is 3.93. The number of carbonyl (C=O) groups excluding carboxylic acids is 1. The molecular weight excluding hydrogens is 216 g/mol. The normalized spacial score (nSPS) is 10.3. The van der Waals surface area contributed by atoms with Crippen LogP contribution < -0.4 is 0 Å². The Kier molecular flexibility index (Phi) is 3.00. The topological polar surface area (TPSA) is 39.4 Å². The quantitative estimate of drug-likeness (QED) is 0.743. The van der Waals surface area contributed by atoms with Gasteiger partial charge in [0.25, 0.3) is 0 Å². The molecule has 0 spiro atoms. The lowest BCUT2D eigenvalue weighted by Crippen LogP contribution is -2.00. The Balaban J connectivity index is 2.49. The molecule has 1 aromatic heterocycles. The number of ether oxygens (including phenoxy) is 1. The number of hydrogen-bond acceptors (Lipinski definition) is 3. The molecule has 2 rings (SSSR count). The fraction of sp³-hybridized carbons (Fsp3) is 0.214. The number of hydrogen-bond donors (Lipinski definition) is 0. The van der Waals surface area contributed by atoms with Gasteiger partial charge in [-0.3, -0.25) is 0 Å². The van der Waals surface area contributed by atoms with E-state index in [1.165, 1.54) is 7.11 Å². The van der Waals surface area contributed by atoms with Crippen LogP contribution in [-0.2, 0) is 4.74 Å². The molecule has 0 amide bonds. The van der Waals surface area contributed by atoms with Crippen LogP contribution in [0.2, 0.25) is 0 Å². The Hall–Kier alpha value is -2.03. The van der Waals surface area contributed by atoms with E-state index < -0.39 is 5.97 Å². The minimum absolute atomic E-state index is 0.269. The second kappa shape index (κ2) is 4.45. The molecule has 0 unspecified atom stereocenters. The summed E-state index contributed by atoms with van der Waals surface area (Å²) in [6.45, 7) is 3.84. The standard InChI is InChI=1S/C14H14O3/c1-9-6-4-5-7-11(9)12-8-10(2)13(17-12)14(15)16-3/h4-8H,1-3H3. The van der Waals surface area contributed by atoms with E-state index in [9.17, 15) is 4.79 Å². The Bertz CT molecular complexity index is 552. The molecule has 88 valence electrons. The van der Waals surface area contributed by atoms with Gasteiger partial charge in [0.15, 0.2) is 0 Å². The molecule has 0 radical (unpaired) electrons. The van der Waals surface area contributed by atoms with Gasteiger partial charge < -0.3 is 9.15 Å². The van der Waals surface area contributed by atoms with Crippen molar-refractivity contribution < 1.29 is 13.9 Å². The monoisotopic (exact) mass is 230 g/mol. The molecule has 0 atom stereocenters. The third-order valence-electron chi connectivity index (χ3n) is 2.70. The minimum Gasteiger partial charge on any atom is -0.463 e. The van der Waals surface area contributed by atoms with Crippen LogP contribution >= 0.6 is 0 Å². The average molecular weight is 230 g/mol. The van der Waals surface area contributed by atoms with E-state index in [4.69, 9.17) is 4.42 Å². The summed E-state index contributed by atoms with van der Waals surface area (Å²) in [6.07, 6.45) is 0. The van der Waals surface area contributed by atoms with Gasteiger partial charge in [-0.2, -0.15) is 0 Å². The third kappa shape index (κ3) is 2.09. The highest BCUT2D eigenvalue weighted by atomic mass is 16.5. The first-order valence-corrected chi connectivity index (χ1v) is 5.38. The lowest BCUT2D eigenvalue weighted by atomic mass is 10.1. The van der Waals surface area contributed by atoms with Gasteiger partial charge in [-0.25, -0.2) is 4.79 Å². The van der Waals surface area contributed by atoms with E-state index in [2.05, 4.69) is 4.74 Å². The molecule has 0 saturated heterocycles. The summed E-state index contributed by atoms with van der Waals surface area (Å²) in [7, 11) is 1.34. The highest BCUT2D eigenvalue weighted by Gasteiger charge is 2.17. The van der Waals surface area contributed by atoms with Crippen LogP contribution in [0.4, 0.5) is 0 Å². The number of furan rings is 1. The molecule has 1 aromatic carbocycles. The fourth-order valence-corrected chi connectivity index (χ4v) is 1.76. The zero-order chi connectivity index (χ0) is 12.4. The SMILES string of the molecule is COC(=O)c1oc(-c2ccccc2C)cc1C. The van der Waals surface area contributed by atoms with E-state index in [0.29, 0.717) is 5.76 Å². The maximum atomic E-state index is 11.4. The van der Waals surface area contributed by atoms with Crippen molar-refractivity contribution in [3.05, 3.63) is 47.2 Å². The van der Waals surface area contributed by atoms with Crippen LogP contribution in [0.1, 0.15) is 21.7 Å². The number of esters is 1. The van der Waals surface area contributed by atoms with E-state index in [0.717, 1.165) is 16.7 Å². The lowest BCUT2D eigenvalue weighted by Gasteiger charge is -2.00. The zero-order valence-corrected chi connectivity index (χ0v) is 10.1. The first-order valence-electron chi connectivity index (χ1n) is 5.38. The first-order chi connectivity index (χ1) is 8.13. The molecule has 0 aliphatic rings. The number of methoxy groups -OCH3 is 1. The lowest BCUT2D eigenvalue weighted by molar-refractivity contribution is 0.0565. The van der Waals surface area contributed by atoms with Crippen LogP contribution in [0.15, 0.2) is 34.7 Å². The van der Waals surface area contributed by atoms with Gasteiger partial charge in [0.2, 0.25) is 5.76 Å². The summed E-state index contributed by atoms with van der Waals surface area (Å²) in [6, 6.07) is 9.74. The number of benzene rings is 1. The summed E-state index contributed by atoms with van der Waals surface area (Å²) in [5, 5.41) is 0. The summed E-state index contributed by atoms with van der Waals surface area (Å²) >= 11 is 0. The molecule has 0 aliphatic heterocycles. The van der Waals surface area contributed by atoms with E-state index in [1.807, 2.05) is 44.2 Å². The highest BCUT2D eigenvalue weighted by molar-refractivity contribution is 5.88. The molecule has 3 nitrogen and oxygen atoms in total. The molecule has 0 fully saturated rings. The Morgan fingerprint density at radius 3 is 2.53 bits per heavy atom. The number of rotatable bonds is 2. The van der Waals surface area contributed by atoms with Gasteiger partial charge in [0.1, 0.15) is 5.76 Å². The number of carbonyl (C=O) groups is 1. The van der Waals surface area contributed by atoms with Crippen molar-refractivity contribution in [3.63, 3.8) is 0 Å². The third-order valence-corrected chi connectivity index (χ3v) is 2.70. The summed E-state index contributed by atoms with van der Waals surface area (Å²) in [5.74, 6) is 0.522. The molecule has 17 heavy (non-hydrogen) atoms. The van der Waals surface area contributed by atoms with E-state index >= 15 is 0 Å². The summed E-state index contributed by atoms with van der Waals surface area (Å²) < 4.78 is 10.2. The highest BCUT2D eigenvalue weighted by Crippen LogP contribution is 2.28. The van der Waals surface area contributed by atoms with Gasteiger partial charge in [-0.05, 0) is 25.5 Å². The maximum Gasteiger partial charge on any atom is 0.374 e. The van der Waals surface area contributed by atoms with Gasteiger partial charge in [0.05, 0.1) is 7.11 Å². The first kappa shape index (κ1) is 11.5. The molecular formula is C14H14O3. The molecule has 0 saturated carbocycles. The summed E-state index contributed by atoms with van der Waals surface area (Å²) in [5.41, 5.74) is 2.89. The number of aryl methyl sites for hydroxylation is 2. The average Bonchev–Trinajstić information content (AvgIpc) is 2.71. The molecule has 0 aliphatic carbocycles. The fourth-order valence-electron chi connectivity index (χ4n) is 1.76. The van der Waals surface area contributed by atoms with Gasteiger partial charge in [0, 0.05) is 11.1 Å². The van der Waals surface area contributed by atoms with Crippen molar-refractivity contribution in [2.45, 2.75) is 13.8 Å². The molecule has 0 bridgehead atoms. The largest absolute Gasteiger partial charge is 0.463 e. The minimum atomic E-state index is -0.442. The molecule has 1 heterocycles. The van der Waals surface area contributed by atoms with Crippen LogP contribution in [0, 0.1) is 13.8 Å². The van der Waals surface area contributed by atoms with Crippen molar-refractivity contribution in [2.75, 3.05) is 7.11 Å². The zero-order valence-electron chi connectivity index (χ0n) is 10.1. The van der Waals surface area contributed by atoms with Crippen LogP contribution in [-0.4, -0.2) is 13.1 Å². The predicted molar refractivity (Wildman–Crippen MR) is 65.0 cm³/mol. The second-order valence-corrected chi connectivity index (χ2v) is 3.93. The smallest absolute Gasteiger partial charge is 0.374 e. The molecule has 3 heteroatoms. The molecule has 0 N–H and O–H groups in total. The maximum absolute atomic E-state index is 11.4. The molecule has 2 aromatic rings. The van der Waals surface area contributed by atoms with Gasteiger partial charge in [-0.1, -0.05) is 24.3 Å². The van der Waals surface area contributed by atoms with Gasteiger partial charge in [-0.15, -0.1) is 0 Å². The van der Waals surface area contributed by atoms with Crippen LogP contribution in [0.5, 0.6) is 0 Å². The Morgan fingerprint density at radius 2 is 1.88 bits per heavy atom. The Morgan fingerprint density at radius 1 is 1.18 bits per heavy atom. The van der Waals surface area contributed by atoms with E-state index in [1.54, 1.807) is 0 Å². The van der Waals surface area contributed by atoms with Crippen molar-refractivity contribution >= 4 is 5.97 Å². The summed E-state index contributed by atoms with van der Waals surface area (Å²) in [4.78, 5) is 11.4. The predicted octanol–water partition coefficient (Wildman–Crippen LogP) is 3.35. The van der Waals surface area contributed by atoms with Crippen molar-refractivity contribution in [1.29, 1.82) is 0 Å². The van der Waals surface area contributed by atoms with Crippen molar-refractivity contribution in [1.82, 2.24) is 0 Å². The van der Waals surface area contributed by atoms with Crippen LogP contribution in [0.25, 0.3) is 11.3 Å². The van der Waals surface area contributed by atoms with Crippen LogP contribution in [0.3, 0.4) is 0 Å². The van der Waals surface area contributed by atoms with Crippen molar-refractivity contribution in [2.24, 2.45) is 0 Å².